The smallest absolute Gasteiger partial charge is 0.0670 e. The van der Waals surface area contributed by atoms with Gasteiger partial charge in [0.1, 0.15) is 0 Å². The van der Waals surface area contributed by atoms with Gasteiger partial charge >= 0.3 is 0 Å². The Morgan fingerprint density at radius 3 is 3.11 bits per heavy atom. The highest BCUT2D eigenvalue weighted by Crippen LogP contribution is 2.21. The summed E-state index contributed by atoms with van der Waals surface area (Å²) in [5, 5.41) is 3.41. The third-order valence-electron chi connectivity index (χ3n) is 3.52. The molecule has 0 radical (unpaired) electrons. The van der Waals surface area contributed by atoms with Crippen LogP contribution in [0.15, 0.2) is 18.3 Å². The van der Waals surface area contributed by atoms with Crippen molar-refractivity contribution in [1.29, 1.82) is 0 Å². The van der Waals surface area contributed by atoms with Crippen LogP contribution in [0.3, 0.4) is 0 Å². The molecule has 1 aliphatic rings. The van der Waals surface area contributed by atoms with E-state index in [1.807, 2.05) is 6.20 Å². The van der Waals surface area contributed by atoms with E-state index in [-0.39, 0.29) is 0 Å². The quantitative estimate of drug-likeness (QED) is 0.883. The highest BCUT2D eigenvalue weighted by atomic mass is 16.5. The van der Waals surface area contributed by atoms with Crippen molar-refractivity contribution in [1.82, 2.24) is 10.3 Å². The van der Waals surface area contributed by atoms with Gasteiger partial charge in [0, 0.05) is 31.0 Å². The molecule has 106 valence electrons. The molecule has 1 saturated heterocycles. The van der Waals surface area contributed by atoms with E-state index in [2.05, 4.69) is 48.1 Å². The third-order valence-corrected chi connectivity index (χ3v) is 3.52. The highest BCUT2D eigenvalue weighted by molar-refractivity contribution is 5.48. The Labute approximate surface area is 116 Å². The van der Waals surface area contributed by atoms with Crippen LogP contribution < -0.4 is 10.2 Å². The molecule has 19 heavy (non-hydrogen) atoms. The predicted octanol–water partition coefficient (Wildman–Crippen LogP) is 2.19. The molecule has 2 heterocycles. The molecule has 1 aliphatic heterocycles. The largest absolute Gasteiger partial charge is 0.377 e. The van der Waals surface area contributed by atoms with Crippen LogP contribution in [0.1, 0.15) is 32.9 Å². The van der Waals surface area contributed by atoms with Gasteiger partial charge in [0.05, 0.1) is 24.9 Å². The van der Waals surface area contributed by atoms with Crippen molar-refractivity contribution in [2.45, 2.75) is 45.8 Å². The number of aromatic nitrogens is 1. The van der Waals surface area contributed by atoms with E-state index in [1.165, 1.54) is 5.69 Å². The first-order valence-electron chi connectivity index (χ1n) is 7.23. The fourth-order valence-corrected chi connectivity index (χ4v) is 2.38. The molecule has 1 fully saturated rings. The molecule has 1 aromatic heterocycles. The van der Waals surface area contributed by atoms with E-state index in [0.717, 1.165) is 38.4 Å². The molecule has 1 atom stereocenters. The van der Waals surface area contributed by atoms with Gasteiger partial charge in [-0.25, -0.2) is 0 Å². The van der Waals surface area contributed by atoms with Crippen LogP contribution in [0.5, 0.6) is 0 Å². The minimum absolute atomic E-state index is 0.484. The van der Waals surface area contributed by atoms with Crippen LogP contribution in [0.25, 0.3) is 0 Å². The Hall–Kier alpha value is -1.13. The Balaban J connectivity index is 2.08. The van der Waals surface area contributed by atoms with Gasteiger partial charge in [0.2, 0.25) is 0 Å². The van der Waals surface area contributed by atoms with Crippen molar-refractivity contribution in [3.8, 4) is 0 Å². The summed E-state index contributed by atoms with van der Waals surface area (Å²) in [6.07, 6.45) is 3.02. The summed E-state index contributed by atoms with van der Waals surface area (Å²) in [6, 6.07) is 5.27. The minimum atomic E-state index is 0.484. The van der Waals surface area contributed by atoms with Gasteiger partial charge < -0.3 is 15.0 Å². The number of pyridine rings is 1. The van der Waals surface area contributed by atoms with Gasteiger partial charge in [-0.3, -0.25) is 4.98 Å². The highest BCUT2D eigenvalue weighted by Gasteiger charge is 2.21. The number of nitrogens with zero attached hydrogens (tertiary/aromatic N) is 2. The van der Waals surface area contributed by atoms with Gasteiger partial charge in [-0.1, -0.05) is 20.8 Å². The lowest BCUT2D eigenvalue weighted by atomic mass is 10.1. The average molecular weight is 263 g/mol. The van der Waals surface area contributed by atoms with Crippen molar-refractivity contribution in [3.05, 3.63) is 24.0 Å². The molecule has 0 amide bonds. The lowest BCUT2D eigenvalue weighted by molar-refractivity contribution is 0.0930. The van der Waals surface area contributed by atoms with Crippen LogP contribution in [0.4, 0.5) is 5.69 Å². The number of hydrogen-bond acceptors (Lipinski definition) is 4. The fourth-order valence-electron chi connectivity index (χ4n) is 2.38. The number of morpholine rings is 1. The van der Waals surface area contributed by atoms with E-state index >= 15 is 0 Å². The average Bonchev–Trinajstić information content (AvgIpc) is 2.45. The maximum absolute atomic E-state index is 5.56. The van der Waals surface area contributed by atoms with Crippen molar-refractivity contribution >= 4 is 5.69 Å². The molecule has 1 aromatic rings. The van der Waals surface area contributed by atoms with E-state index in [1.54, 1.807) is 0 Å². The summed E-state index contributed by atoms with van der Waals surface area (Å²) >= 11 is 0. The monoisotopic (exact) mass is 263 g/mol. The van der Waals surface area contributed by atoms with E-state index in [4.69, 9.17) is 4.74 Å². The first-order chi connectivity index (χ1) is 9.20. The molecule has 0 saturated carbocycles. The molecule has 0 aliphatic carbocycles. The summed E-state index contributed by atoms with van der Waals surface area (Å²) in [6.45, 7) is 9.97. The number of hydrogen-bond donors (Lipinski definition) is 1. The summed E-state index contributed by atoms with van der Waals surface area (Å²) in [5.41, 5.74) is 2.37. The topological polar surface area (TPSA) is 37.4 Å². The molecule has 1 unspecified atom stereocenters. The Morgan fingerprint density at radius 2 is 2.37 bits per heavy atom. The van der Waals surface area contributed by atoms with Crippen molar-refractivity contribution in [3.63, 3.8) is 0 Å². The zero-order valence-electron chi connectivity index (χ0n) is 12.2. The normalized spacial score (nSPS) is 20.0. The number of nitrogens with one attached hydrogen (secondary N) is 1. The fraction of sp³-hybridized carbons (Fsp3) is 0.667. The maximum atomic E-state index is 5.56. The second-order valence-corrected chi connectivity index (χ2v) is 5.37. The van der Waals surface area contributed by atoms with Crippen LogP contribution in [0, 0.1) is 0 Å². The summed E-state index contributed by atoms with van der Waals surface area (Å²) in [5.74, 6) is 0. The number of ether oxygens (including phenoxy) is 1. The molecule has 0 aromatic carbocycles. The van der Waals surface area contributed by atoms with E-state index in [9.17, 15) is 0 Å². The Bertz CT molecular complexity index is 395. The molecule has 4 nitrogen and oxygen atoms in total. The predicted molar refractivity (Wildman–Crippen MR) is 78.5 cm³/mol. The molecule has 2 rings (SSSR count). The summed E-state index contributed by atoms with van der Waals surface area (Å²) in [4.78, 5) is 6.89. The second-order valence-electron chi connectivity index (χ2n) is 5.37. The molecule has 1 N–H and O–H groups in total. The van der Waals surface area contributed by atoms with E-state index < -0.39 is 0 Å². The first kappa shape index (κ1) is 14.3. The molecule has 0 spiro atoms. The Kier molecular flexibility index (Phi) is 5.16. The van der Waals surface area contributed by atoms with Gasteiger partial charge in [-0.05, 0) is 18.6 Å². The lowest BCUT2D eigenvalue weighted by Gasteiger charge is -2.37. The molecular weight excluding hydrogens is 238 g/mol. The van der Waals surface area contributed by atoms with Crippen molar-refractivity contribution in [2.24, 2.45) is 0 Å². The zero-order valence-corrected chi connectivity index (χ0v) is 12.2. The first-order valence-corrected chi connectivity index (χ1v) is 7.23. The zero-order chi connectivity index (χ0) is 13.7. The van der Waals surface area contributed by atoms with Crippen LogP contribution in [0.2, 0.25) is 0 Å². The van der Waals surface area contributed by atoms with Crippen LogP contribution in [-0.2, 0) is 11.3 Å². The second kappa shape index (κ2) is 6.87. The van der Waals surface area contributed by atoms with Crippen LogP contribution >= 0.6 is 0 Å². The minimum Gasteiger partial charge on any atom is -0.377 e. The van der Waals surface area contributed by atoms with Crippen molar-refractivity contribution < 1.29 is 4.74 Å². The summed E-state index contributed by atoms with van der Waals surface area (Å²) < 4.78 is 5.56. The van der Waals surface area contributed by atoms with Gasteiger partial charge in [0.25, 0.3) is 0 Å². The SMILES string of the molecule is CCC1COCCN1c1ccnc(CNC(C)C)c1. The number of anilines is 1. The maximum Gasteiger partial charge on any atom is 0.0670 e. The van der Waals surface area contributed by atoms with Gasteiger partial charge in [-0.2, -0.15) is 0 Å². The standard InChI is InChI=1S/C15H25N3O/c1-4-14-11-19-8-7-18(14)15-5-6-16-13(9-15)10-17-12(2)3/h5-6,9,12,14,17H,4,7-8,10-11H2,1-3H3. The molecule has 4 heteroatoms. The van der Waals surface area contributed by atoms with Crippen LogP contribution in [-0.4, -0.2) is 36.8 Å². The van der Waals surface area contributed by atoms with E-state index in [0.29, 0.717) is 12.1 Å². The number of rotatable bonds is 5. The molecule has 0 bridgehead atoms. The van der Waals surface area contributed by atoms with Crippen molar-refractivity contribution in [2.75, 3.05) is 24.7 Å². The Morgan fingerprint density at radius 1 is 1.53 bits per heavy atom. The van der Waals surface area contributed by atoms with Gasteiger partial charge in [-0.15, -0.1) is 0 Å². The van der Waals surface area contributed by atoms with Gasteiger partial charge in [0.15, 0.2) is 0 Å². The third kappa shape index (κ3) is 3.91. The molecular formula is C15H25N3O. The summed E-state index contributed by atoms with van der Waals surface area (Å²) in [7, 11) is 0. The lowest BCUT2D eigenvalue weighted by Crippen LogP contribution is -2.45.